The van der Waals surface area contributed by atoms with Gasteiger partial charge in [-0.1, -0.05) is 50.8 Å². The molecule has 0 N–H and O–H groups in total. The van der Waals surface area contributed by atoms with E-state index in [0.717, 1.165) is 12.2 Å². The van der Waals surface area contributed by atoms with Crippen molar-refractivity contribution in [2.75, 3.05) is 11.4 Å². The summed E-state index contributed by atoms with van der Waals surface area (Å²) in [5.41, 5.74) is 3.56. The number of benzene rings is 1. The van der Waals surface area contributed by atoms with Crippen molar-refractivity contribution in [2.45, 2.75) is 20.8 Å². The first-order chi connectivity index (χ1) is 8.58. The van der Waals surface area contributed by atoms with E-state index >= 15 is 0 Å². The van der Waals surface area contributed by atoms with Crippen LogP contribution in [0, 0.1) is 12.8 Å². The van der Waals surface area contributed by atoms with E-state index in [1.165, 1.54) is 11.3 Å². The quantitative estimate of drug-likeness (QED) is 0.652. The number of aryl methyl sites for hydroxylation is 1. The van der Waals surface area contributed by atoms with Gasteiger partial charge in [-0.15, -0.1) is 0 Å². The van der Waals surface area contributed by atoms with E-state index in [-0.39, 0.29) is 0 Å². The molecule has 1 aromatic rings. The summed E-state index contributed by atoms with van der Waals surface area (Å²) >= 11 is 0. The van der Waals surface area contributed by atoms with Crippen LogP contribution in [0.4, 0.5) is 5.69 Å². The van der Waals surface area contributed by atoms with Gasteiger partial charge >= 0.3 is 0 Å². The molecule has 18 heavy (non-hydrogen) atoms. The highest BCUT2D eigenvalue weighted by molar-refractivity contribution is 5.55. The van der Waals surface area contributed by atoms with E-state index < -0.39 is 0 Å². The van der Waals surface area contributed by atoms with E-state index in [2.05, 4.69) is 63.1 Å². The molecule has 0 aliphatic rings. The van der Waals surface area contributed by atoms with Gasteiger partial charge in [-0.05, 0) is 37.1 Å². The van der Waals surface area contributed by atoms with Crippen LogP contribution < -0.4 is 4.90 Å². The Morgan fingerprint density at radius 3 is 2.28 bits per heavy atom. The number of rotatable bonds is 6. The molecule has 0 aromatic heterocycles. The summed E-state index contributed by atoms with van der Waals surface area (Å²) in [5.74, 6) is 0.583. The summed E-state index contributed by atoms with van der Waals surface area (Å²) in [7, 11) is 0. The lowest BCUT2D eigenvalue weighted by molar-refractivity contribution is 0.643. The smallest absolute Gasteiger partial charge is 0.0410 e. The topological polar surface area (TPSA) is 3.24 Å². The predicted molar refractivity (Wildman–Crippen MR) is 81.8 cm³/mol. The number of anilines is 1. The first-order valence-corrected chi connectivity index (χ1v) is 6.37. The highest BCUT2D eigenvalue weighted by Crippen LogP contribution is 2.22. The van der Waals surface area contributed by atoms with Gasteiger partial charge in [0, 0.05) is 17.9 Å². The lowest BCUT2D eigenvalue weighted by Crippen LogP contribution is -2.26. The highest BCUT2D eigenvalue weighted by Gasteiger charge is 2.10. The molecule has 1 aromatic carbocycles. The lowest BCUT2D eigenvalue weighted by atomic mass is 10.1. The maximum atomic E-state index is 3.89. The Labute approximate surface area is 111 Å². The fourth-order valence-corrected chi connectivity index (χ4v) is 1.84. The minimum absolute atomic E-state index is 0.583. The zero-order valence-corrected chi connectivity index (χ0v) is 11.7. The van der Waals surface area contributed by atoms with E-state index in [1.807, 2.05) is 12.2 Å². The molecular formula is C17H23N. The van der Waals surface area contributed by atoms with Crippen LogP contribution in [0.3, 0.4) is 0 Å². The summed E-state index contributed by atoms with van der Waals surface area (Å²) < 4.78 is 0. The van der Waals surface area contributed by atoms with Gasteiger partial charge in [-0.3, -0.25) is 0 Å². The summed E-state index contributed by atoms with van der Waals surface area (Å²) in [4.78, 5) is 2.28. The van der Waals surface area contributed by atoms with Gasteiger partial charge in [-0.2, -0.15) is 0 Å². The average Bonchev–Trinajstić information content (AvgIpc) is 2.34. The first kappa shape index (κ1) is 14.3. The molecule has 0 bridgehead atoms. The monoisotopic (exact) mass is 241 g/mol. The minimum Gasteiger partial charge on any atom is -0.341 e. The molecule has 0 saturated carbocycles. The molecule has 1 rings (SSSR count). The normalized spacial score (nSPS) is 11.4. The maximum Gasteiger partial charge on any atom is 0.0410 e. The predicted octanol–water partition coefficient (Wildman–Crippen LogP) is 4.71. The molecule has 0 amide bonds. The van der Waals surface area contributed by atoms with Crippen LogP contribution in [0.1, 0.15) is 19.4 Å². The van der Waals surface area contributed by atoms with Crippen LogP contribution in [-0.2, 0) is 0 Å². The van der Waals surface area contributed by atoms with Crippen molar-refractivity contribution >= 4 is 5.69 Å². The zero-order chi connectivity index (χ0) is 13.5. The molecule has 0 aliphatic carbocycles. The van der Waals surface area contributed by atoms with Crippen LogP contribution in [-0.4, -0.2) is 6.54 Å². The Hall–Kier alpha value is -1.76. The third-order valence-corrected chi connectivity index (χ3v) is 2.70. The lowest BCUT2D eigenvalue weighted by Gasteiger charge is -2.27. The highest BCUT2D eigenvalue weighted by atomic mass is 15.1. The van der Waals surface area contributed by atoms with Crippen molar-refractivity contribution < 1.29 is 0 Å². The van der Waals surface area contributed by atoms with Crippen molar-refractivity contribution in [1.82, 2.24) is 0 Å². The van der Waals surface area contributed by atoms with Crippen LogP contribution in [0.2, 0.25) is 0 Å². The molecule has 0 fully saturated rings. The molecule has 0 heterocycles. The Kier molecular flexibility index (Phi) is 5.44. The first-order valence-electron chi connectivity index (χ1n) is 6.37. The summed E-state index contributed by atoms with van der Waals surface area (Å²) in [5, 5.41) is 0. The molecular weight excluding hydrogens is 218 g/mol. The fourth-order valence-electron chi connectivity index (χ4n) is 1.84. The number of allylic oxidation sites excluding steroid dienone is 3. The molecule has 1 nitrogen and oxygen atoms in total. The second-order valence-electron chi connectivity index (χ2n) is 4.87. The summed E-state index contributed by atoms with van der Waals surface area (Å²) in [6.45, 7) is 15.2. The molecule has 0 spiro atoms. The van der Waals surface area contributed by atoms with Gasteiger partial charge in [0.1, 0.15) is 0 Å². The third-order valence-electron chi connectivity index (χ3n) is 2.70. The average molecular weight is 241 g/mol. The number of nitrogens with zero attached hydrogens (tertiary/aromatic N) is 1. The van der Waals surface area contributed by atoms with Crippen LogP contribution >= 0.6 is 0 Å². The van der Waals surface area contributed by atoms with Gasteiger partial charge in [-0.25, -0.2) is 0 Å². The summed E-state index contributed by atoms with van der Waals surface area (Å²) in [6, 6.07) is 8.57. The molecule has 0 radical (unpaired) electrons. The standard InChI is InChI=1S/C17H23N/c1-6-8-16(7-2)18(13-14(3)4)17-11-9-15(5)10-12-17/h6-12,14H,1-2,13H2,3-5H3/b16-8+. The molecule has 96 valence electrons. The second kappa shape index (κ2) is 6.85. The molecule has 0 aliphatic heterocycles. The van der Waals surface area contributed by atoms with Gasteiger partial charge in [0.15, 0.2) is 0 Å². The largest absolute Gasteiger partial charge is 0.341 e. The Balaban J connectivity index is 3.11. The Morgan fingerprint density at radius 1 is 1.22 bits per heavy atom. The minimum atomic E-state index is 0.583. The van der Waals surface area contributed by atoms with Crippen LogP contribution in [0.25, 0.3) is 0 Å². The van der Waals surface area contributed by atoms with Crippen molar-refractivity contribution in [3.63, 3.8) is 0 Å². The van der Waals surface area contributed by atoms with Gasteiger partial charge in [0.2, 0.25) is 0 Å². The van der Waals surface area contributed by atoms with Crippen molar-refractivity contribution in [1.29, 1.82) is 0 Å². The maximum absolute atomic E-state index is 3.89. The van der Waals surface area contributed by atoms with Crippen LogP contribution in [0.5, 0.6) is 0 Å². The van der Waals surface area contributed by atoms with E-state index in [4.69, 9.17) is 0 Å². The molecule has 0 saturated heterocycles. The van der Waals surface area contributed by atoms with E-state index in [1.54, 1.807) is 6.08 Å². The third kappa shape index (κ3) is 3.92. The van der Waals surface area contributed by atoms with Gasteiger partial charge in [0.25, 0.3) is 0 Å². The fraction of sp³-hybridized carbons (Fsp3) is 0.294. The molecule has 1 heteroatoms. The van der Waals surface area contributed by atoms with Gasteiger partial charge in [0.05, 0.1) is 0 Å². The van der Waals surface area contributed by atoms with E-state index in [9.17, 15) is 0 Å². The Morgan fingerprint density at radius 2 is 1.83 bits per heavy atom. The van der Waals surface area contributed by atoms with Gasteiger partial charge < -0.3 is 4.90 Å². The van der Waals surface area contributed by atoms with Crippen molar-refractivity contribution in [2.24, 2.45) is 5.92 Å². The zero-order valence-electron chi connectivity index (χ0n) is 11.7. The van der Waals surface area contributed by atoms with Crippen molar-refractivity contribution in [3.8, 4) is 0 Å². The molecule has 0 unspecified atom stereocenters. The SMILES string of the molecule is C=C/C=C(\C=C)N(CC(C)C)c1ccc(C)cc1. The Bertz CT molecular complexity index is 423. The van der Waals surface area contributed by atoms with E-state index in [0.29, 0.717) is 5.92 Å². The number of hydrogen-bond donors (Lipinski definition) is 0. The van der Waals surface area contributed by atoms with Crippen LogP contribution in [0.15, 0.2) is 61.3 Å². The van der Waals surface area contributed by atoms with Crippen molar-refractivity contribution in [3.05, 3.63) is 66.9 Å². The molecule has 0 atom stereocenters. The number of hydrogen-bond acceptors (Lipinski definition) is 1. The second-order valence-corrected chi connectivity index (χ2v) is 4.87. The summed E-state index contributed by atoms with van der Waals surface area (Å²) in [6.07, 6.45) is 5.68.